The van der Waals surface area contributed by atoms with Crippen LogP contribution in [0.1, 0.15) is 37.5 Å². The molecule has 168 valence electrons. The minimum Gasteiger partial charge on any atom is -0.415 e. The Hall–Kier alpha value is -2.53. The van der Waals surface area contributed by atoms with E-state index in [0.29, 0.717) is 6.61 Å². The van der Waals surface area contributed by atoms with Gasteiger partial charge in [0.2, 0.25) is 0 Å². The van der Waals surface area contributed by atoms with Gasteiger partial charge in [0, 0.05) is 0 Å². The van der Waals surface area contributed by atoms with E-state index >= 15 is 0 Å². The van der Waals surface area contributed by atoms with E-state index < -0.39 is 19.9 Å². The first-order valence-electron chi connectivity index (χ1n) is 11.2. The van der Waals surface area contributed by atoms with Crippen LogP contribution < -0.4 is 5.32 Å². The third kappa shape index (κ3) is 5.09. The Morgan fingerprint density at radius 2 is 1.16 bits per heavy atom. The van der Waals surface area contributed by atoms with Crippen LogP contribution in [0, 0.1) is 0 Å². The lowest BCUT2D eigenvalue weighted by atomic mass is 9.76. The number of carbonyl (C=O) groups excluding carboxylic acids is 1. The lowest BCUT2D eigenvalue weighted by Gasteiger charge is -2.41. The van der Waals surface area contributed by atoms with Gasteiger partial charge in [-0.05, 0) is 34.8 Å². The molecule has 0 spiro atoms. The predicted molar refractivity (Wildman–Crippen MR) is 135 cm³/mol. The van der Waals surface area contributed by atoms with E-state index in [0.717, 1.165) is 23.0 Å². The van der Waals surface area contributed by atoms with Crippen LogP contribution in [-0.4, -0.2) is 27.3 Å². The first-order valence-corrected chi connectivity index (χ1v) is 14.1. The van der Waals surface area contributed by atoms with E-state index in [1.165, 1.54) is 0 Å². The van der Waals surface area contributed by atoms with E-state index in [2.05, 4.69) is 75.6 Å². The first kappa shape index (κ1) is 24.1. The summed E-state index contributed by atoms with van der Waals surface area (Å²) < 4.78 is 6.45. The van der Waals surface area contributed by atoms with E-state index in [1.807, 2.05) is 54.6 Å². The largest absolute Gasteiger partial charge is 0.415 e. The Morgan fingerprint density at radius 3 is 1.47 bits per heavy atom. The molecule has 0 fully saturated rings. The fraction of sp³-hybridized carbons (Fsp3) is 0.321. The van der Waals surface area contributed by atoms with Crippen LogP contribution in [0.5, 0.6) is 0 Å². The second kappa shape index (κ2) is 9.95. The van der Waals surface area contributed by atoms with Gasteiger partial charge in [0.15, 0.2) is 8.32 Å². The number of benzene rings is 3. The molecule has 32 heavy (non-hydrogen) atoms. The third-order valence-electron chi connectivity index (χ3n) is 6.62. The normalized spacial score (nSPS) is 13.5. The van der Waals surface area contributed by atoms with Gasteiger partial charge in [0.05, 0.1) is 18.2 Å². The van der Waals surface area contributed by atoms with E-state index in [9.17, 15) is 4.79 Å². The molecule has 4 heteroatoms. The van der Waals surface area contributed by atoms with Crippen molar-refractivity contribution in [3.05, 3.63) is 108 Å². The molecule has 0 saturated heterocycles. The fourth-order valence-electron chi connectivity index (χ4n) is 3.72. The summed E-state index contributed by atoms with van der Waals surface area (Å²) in [5, 5.41) is 3.80. The van der Waals surface area contributed by atoms with Crippen LogP contribution in [0.2, 0.25) is 18.1 Å². The molecule has 3 rings (SSSR count). The van der Waals surface area contributed by atoms with Gasteiger partial charge < -0.3 is 9.22 Å². The summed E-state index contributed by atoms with van der Waals surface area (Å²) in [4.78, 5) is 12.3. The summed E-state index contributed by atoms with van der Waals surface area (Å²) >= 11 is 0. The molecule has 3 aromatic rings. The minimum atomic E-state index is -2.00. The SMILES string of the molecule is CC(C)(C)[Si](C)(C)OC[C@@H](C=O)NC(c1ccccc1)(c1ccccc1)c1ccccc1. The second-order valence-corrected chi connectivity index (χ2v) is 14.6. The van der Waals surface area contributed by atoms with Gasteiger partial charge in [-0.15, -0.1) is 0 Å². The van der Waals surface area contributed by atoms with Gasteiger partial charge in [-0.2, -0.15) is 0 Å². The highest BCUT2D eigenvalue weighted by atomic mass is 28.4. The second-order valence-electron chi connectivity index (χ2n) is 9.81. The van der Waals surface area contributed by atoms with Crippen LogP contribution in [0.4, 0.5) is 0 Å². The average molecular weight is 446 g/mol. The highest BCUT2D eigenvalue weighted by Crippen LogP contribution is 2.38. The number of hydrogen-bond donors (Lipinski definition) is 1. The van der Waals surface area contributed by atoms with Crippen LogP contribution in [-0.2, 0) is 14.8 Å². The van der Waals surface area contributed by atoms with Gasteiger partial charge in [-0.25, -0.2) is 0 Å². The molecule has 1 N–H and O–H groups in total. The smallest absolute Gasteiger partial charge is 0.192 e. The lowest BCUT2D eigenvalue weighted by molar-refractivity contribution is -0.110. The van der Waals surface area contributed by atoms with E-state index in [-0.39, 0.29) is 5.04 Å². The van der Waals surface area contributed by atoms with Gasteiger partial charge in [0.25, 0.3) is 0 Å². The van der Waals surface area contributed by atoms with Crippen LogP contribution >= 0.6 is 0 Å². The number of carbonyl (C=O) groups is 1. The molecular formula is C28H35NO2Si. The average Bonchev–Trinajstić information content (AvgIpc) is 2.80. The molecule has 0 aromatic heterocycles. The summed E-state index contributed by atoms with van der Waals surface area (Å²) in [6.45, 7) is 11.4. The maximum atomic E-state index is 12.3. The van der Waals surface area contributed by atoms with Crippen molar-refractivity contribution in [2.45, 2.75) is 50.5 Å². The summed E-state index contributed by atoms with van der Waals surface area (Å²) in [6, 6.07) is 30.5. The first-order chi connectivity index (χ1) is 15.2. The molecule has 0 unspecified atom stereocenters. The Bertz CT molecular complexity index is 886. The van der Waals surface area contributed by atoms with E-state index in [4.69, 9.17) is 4.43 Å². The van der Waals surface area contributed by atoms with Crippen LogP contribution in [0.3, 0.4) is 0 Å². The van der Waals surface area contributed by atoms with Crippen molar-refractivity contribution >= 4 is 14.6 Å². The zero-order valence-electron chi connectivity index (χ0n) is 19.8. The predicted octanol–water partition coefficient (Wildman–Crippen LogP) is 6.16. The maximum absolute atomic E-state index is 12.3. The summed E-state index contributed by atoms with van der Waals surface area (Å²) in [5.74, 6) is 0. The molecule has 0 aliphatic rings. The van der Waals surface area contributed by atoms with Crippen molar-refractivity contribution in [1.29, 1.82) is 0 Å². The number of nitrogens with one attached hydrogen (secondary N) is 1. The summed E-state index contributed by atoms with van der Waals surface area (Å²) in [6.07, 6.45) is 0.983. The topological polar surface area (TPSA) is 38.3 Å². The molecule has 0 amide bonds. The minimum absolute atomic E-state index is 0.0792. The highest BCUT2D eigenvalue weighted by molar-refractivity contribution is 6.74. The van der Waals surface area contributed by atoms with Crippen LogP contribution in [0.15, 0.2) is 91.0 Å². The molecule has 0 bridgehead atoms. The van der Waals surface area contributed by atoms with Gasteiger partial charge in [-0.1, -0.05) is 112 Å². The van der Waals surface area contributed by atoms with Crippen molar-refractivity contribution in [3.8, 4) is 0 Å². The maximum Gasteiger partial charge on any atom is 0.192 e. The molecular weight excluding hydrogens is 410 g/mol. The van der Waals surface area contributed by atoms with Crippen molar-refractivity contribution in [2.24, 2.45) is 0 Å². The van der Waals surface area contributed by atoms with Gasteiger partial charge in [-0.3, -0.25) is 5.32 Å². The van der Waals surface area contributed by atoms with Crippen molar-refractivity contribution in [3.63, 3.8) is 0 Å². The van der Waals surface area contributed by atoms with Gasteiger partial charge in [0.1, 0.15) is 6.29 Å². The molecule has 1 atom stereocenters. The third-order valence-corrected chi connectivity index (χ3v) is 11.1. The zero-order valence-corrected chi connectivity index (χ0v) is 20.8. The highest BCUT2D eigenvalue weighted by Gasteiger charge is 2.40. The molecule has 0 heterocycles. The Kier molecular flexibility index (Phi) is 7.50. The summed E-state index contributed by atoms with van der Waals surface area (Å²) in [5.41, 5.74) is 2.55. The molecule has 0 aliphatic carbocycles. The Balaban J connectivity index is 2.09. The van der Waals surface area contributed by atoms with Crippen LogP contribution in [0.25, 0.3) is 0 Å². The number of rotatable bonds is 9. The van der Waals surface area contributed by atoms with Crippen molar-refractivity contribution < 1.29 is 9.22 Å². The summed E-state index contributed by atoms with van der Waals surface area (Å²) in [7, 11) is -2.00. The fourth-order valence-corrected chi connectivity index (χ4v) is 4.75. The number of hydrogen-bond acceptors (Lipinski definition) is 3. The van der Waals surface area contributed by atoms with Crippen molar-refractivity contribution in [1.82, 2.24) is 5.32 Å². The molecule has 3 aromatic carbocycles. The van der Waals surface area contributed by atoms with Crippen molar-refractivity contribution in [2.75, 3.05) is 6.61 Å². The zero-order chi connectivity index (χ0) is 23.2. The standard InChI is InChI=1S/C28H35NO2Si/c1-27(2,3)32(4,5)31-22-26(21-30)29-28(23-15-9-6-10-16-23,24-17-11-7-12-18-24)25-19-13-8-14-20-25/h6-21,26,29H,22H2,1-5H3/t26-/m1/s1. The molecule has 0 aliphatic heterocycles. The lowest BCUT2D eigenvalue weighted by Crippen LogP contribution is -2.53. The number of aldehydes is 1. The van der Waals surface area contributed by atoms with E-state index in [1.54, 1.807) is 0 Å². The quantitative estimate of drug-likeness (QED) is 0.244. The van der Waals surface area contributed by atoms with Gasteiger partial charge >= 0.3 is 0 Å². The monoisotopic (exact) mass is 445 g/mol. The molecule has 0 saturated carbocycles. The Labute approximate surface area is 194 Å². The molecule has 3 nitrogen and oxygen atoms in total. The molecule has 0 radical (unpaired) electrons. The Morgan fingerprint density at radius 1 is 0.781 bits per heavy atom.